The summed E-state index contributed by atoms with van der Waals surface area (Å²) in [4.78, 5) is 15.3. The van der Waals surface area contributed by atoms with E-state index in [9.17, 15) is 18.0 Å². The minimum Gasteiger partial charge on any atom is -0.504 e. The lowest BCUT2D eigenvalue weighted by Gasteiger charge is -2.12. The molecule has 1 rings (SSSR count). The lowest BCUT2D eigenvalue weighted by Crippen LogP contribution is -2.26. The maximum Gasteiger partial charge on any atom is 0.449 e. The normalized spacial score (nSPS) is 12.6. The van der Waals surface area contributed by atoms with Crippen LogP contribution in [-0.2, 0) is 4.79 Å². The van der Waals surface area contributed by atoms with Gasteiger partial charge in [0.05, 0.1) is 0 Å². The first-order chi connectivity index (χ1) is 8.73. The molecule has 0 spiro atoms. The number of alkyl halides is 3. The summed E-state index contributed by atoms with van der Waals surface area (Å²) in [5.74, 6) is -3.34. The smallest absolute Gasteiger partial charge is 0.449 e. The lowest BCUT2D eigenvalue weighted by molar-refractivity contribution is -0.125. The molecule has 0 atom stereocenters. The fraction of sp³-hybridized carbons (Fsp3) is 0.182. The number of anilines is 1. The van der Waals surface area contributed by atoms with E-state index in [1.165, 1.54) is 18.3 Å². The molecule has 0 aliphatic heterocycles. The summed E-state index contributed by atoms with van der Waals surface area (Å²) in [6.07, 6.45) is -3.76. The Balaban J connectivity index is 3.09. The second-order valence-corrected chi connectivity index (χ2v) is 3.52. The van der Waals surface area contributed by atoms with E-state index in [1.807, 2.05) is 0 Å². The van der Waals surface area contributed by atoms with Crippen molar-refractivity contribution in [1.29, 1.82) is 5.41 Å². The van der Waals surface area contributed by atoms with E-state index in [-0.39, 0.29) is 5.82 Å². The number of pyridine rings is 1. The van der Waals surface area contributed by atoms with E-state index < -0.39 is 29.1 Å². The van der Waals surface area contributed by atoms with Gasteiger partial charge in [0.2, 0.25) is 5.76 Å². The number of aromatic nitrogens is 1. The zero-order chi connectivity index (χ0) is 14.6. The Kier molecular flexibility index (Phi) is 4.26. The Hall–Kier alpha value is -2.38. The molecule has 8 heteroatoms. The number of nitrogens with zero attached hydrogens (tertiary/aromatic N) is 1. The first-order valence-electron chi connectivity index (χ1n) is 5.02. The highest BCUT2D eigenvalue weighted by Gasteiger charge is 2.39. The van der Waals surface area contributed by atoms with Gasteiger partial charge in [0.15, 0.2) is 0 Å². The molecule has 0 aromatic carbocycles. The average molecular weight is 273 g/mol. The highest BCUT2D eigenvalue weighted by molar-refractivity contribution is 6.23. The summed E-state index contributed by atoms with van der Waals surface area (Å²) < 4.78 is 37.1. The summed E-state index contributed by atoms with van der Waals surface area (Å²) >= 11 is 0. The zero-order valence-corrected chi connectivity index (χ0v) is 9.75. The molecule has 0 aliphatic rings. The summed E-state index contributed by atoms with van der Waals surface area (Å²) in [5.41, 5.74) is -1.85. The molecular formula is C11H10F3N3O2. The van der Waals surface area contributed by atoms with Gasteiger partial charge in [0.1, 0.15) is 11.4 Å². The summed E-state index contributed by atoms with van der Waals surface area (Å²) in [5, 5.41) is 18.2. The molecular weight excluding hydrogens is 263 g/mol. The number of hydrogen-bond donors (Lipinski definition) is 3. The van der Waals surface area contributed by atoms with Crippen LogP contribution in [0.5, 0.6) is 0 Å². The first kappa shape index (κ1) is 14.7. The molecule has 1 aromatic rings. The van der Waals surface area contributed by atoms with E-state index in [2.05, 4.69) is 10.3 Å². The Morgan fingerprint density at radius 2 is 2.05 bits per heavy atom. The summed E-state index contributed by atoms with van der Waals surface area (Å²) in [7, 11) is 0. The molecule has 0 fully saturated rings. The number of allylic oxidation sites excluding steroid dienone is 1. The lowest BCUT2D eigenvalue weighted by atomic mass is 10.1. The molecule has 1 amide bonds. The molecule has 0 saturated carbocycles. The largest absolute Gasteiger partial charge is 0.504 e. The predicted molar refractivity (Wildman–Crippen MR) is 62.0 cm³/mol. The number of halogens is 3. The minimum absolute atomic E-state index is 0.0150. The van der Waals surface area contributed by atoms with Gasteiger partial charge < -0.3 is 15.8 Å². The predicted octanol–water partition coefficient (Wildman–Crippen LogP) is 2.43. The molecule has 3 N–H and O–H groups in total. The third kappa shape index (κ3) is 3.80. The fourth-order valence-electron chi connectivity index (χ4n) is 1.21. The molecule has 19 heavy (non-hydrogen) atoms. The van der Waals surface area contributed by atoms with Crippen molar-refractivity contribution in [3.8, 4) is 0 Å². The number of amides is 1. The van der Waals surface area contributed by atoms with Crippen molar-refractivity contribution in [1.82, 2.24) is 4.98 Å². The van der Waals surface area contributed by atoms with Crippen LogP contribution in [0.4, 0.5) is 19.0 Å². The number of carbonyl (C=O) groups is 1. The highest BCUT2D eigenvalue weighted by atomic mass is 19.4. The Labute approximate surface area is 106 Å². The third-order valence-corrected chi connectivity index (χ3v) is 2.01. The van der Waals surface area contributed by atoms with Crippen LogP contribution in [-0.4, -0.2) is 27.9 Å². The van der Waals surface area contributed by atoms with E-state index >= 15 is 0 Å². The van der Waals surface area contributed by atoms with Crippen LogP contribution in [0.3, 0.4) is 0 Å². The maximum atomic E-state index is 12.4. The molecule has 102 valence electrons. The first-order valence-corrected chi connectivity index (χ1v) is 5.02. The highest BCUT2D eigenvalue weighted by Crippen LogP contribution is 2.26. The van der Waals surface area contributed by atoms with Gasteiger partial charge in [0.25, 0.3) is 5.91 Å². The quantitative estimate of drug-likeness (QED) is 0.449. The van der Waals surface area contributed by atoms with Crippen molar-refractivity contribution in [2.45, 2.75) is 13.1 Å². The van der Waals surface area contributed by atoms with Gasteiger partial charge in [-0.25, -0.2) is 4.98 Å². The van der Waals surface area contributed by atoms with Crippen molar-refractivity contribution in [2.24, 2.45) is 0 Å². The standard InChI is InChI=1S/C11H10F3N3O2/c1-6(15)8(9(18)11(12,13)14)10(19)17-7-4-2-3-5-16-7/h2-5,15,18H,1H3,(H,16,17,19). The zero-order valence-electron chi connectivity index (χ0n) is 9.75. The Morgan fingerprint density at radius 1 is 1.42 bits per heavy atom. The number of hydrogen-bond acceptors (Lipinski definition) is 4. The van der Waals surface area contributed by atoms with Crippen LogP contribution in [0.15, 0.2) is 35.7 Å². The van der Waals surface area contributed by atoms with Crippen LogP contribution in [0.2, 0.25) is 0 Å². The number of aliphatic hydroxyl groups excluding tert-OH is 1. The number of aliphatic hydroxyl groups is 1. The fourth-order valence-corrected chi connectivity index (χ4v) is 1.21. The molecule has 0 bridgehead atoms. The summed E-state index contributed by atoms with van der Waals surface area (Å²) in [6.45, 7) is 0.968. The number of rotatable bonds is 3. The molecule has 0 radical (unpaired) electrons. The average Bonchev–Trinajstić information content (AvgIpc) is 2.28. The number of carbonyl (C=O) groups excluding carboxylic acids is 1. The van der Waals surface area contributed by atoms with Crippen LogP contribution in [0.25, 0.3) is 0 Å². The Bertz CT molecular complexity index is 524. The molecule has 1 heterocycles. The van der Waals surface area contributed by atoms with Crippen molar-refractivity contribution in [2.75, 3.05) is 5.32 Å². The molecule has 5 nitrogen and oxygen atoms in total. The van der Waals surface area contributed by atoms with Crippen molar-refractivity contribution in [3.63, 3.8) is 0 Å². The van der Waals surface area contributed by atoms with E-state index in [1.54, 1.807) is 6.07 Å². The van der Waals surface area contributed by atoms with Crippen molar-refractivity contribution < 1.29 is 23.1 Å². The molecule has 0 saturated heterocycles. The van der Waals surface area contributed by atoms with Gasteiger partial charge >= 0.3 is 6.18 Å². The monoisotopic (exact) mass is 273 g/mol. The van der Waals surface area contributed by atoms with E-state index in [4.69, 9.17) is 10.5 Å². The van der Waals surface area contributed by atoms with Crippen molar-refractivity contribution >= 4 is 17.4 Å². The van der Waals surface area contributed by atoms with Gasteiger partial charge in [-0.15, -0.1) is 0 Å². The van der Waals surface area contributed by atoms with Gasteiger partial charge in [-0.05, 0) is 19.1 Å². The molecule has 0 aliphatic carbocycles. The van der Waals surface area contributed by atoms with Crippen LogP contribution in [0, 0.1) is 5.41 Å². The Morgan fingerprint density at radius 3 is 2.47 bits per heavy atom. The van der Waals surface area contributed by atoms with Crippen LogP contribution >= 0.6 is 0 Å². The maximum absolute atomic E-state index is 12.4. The number of nitrogens with one attached hydrogen (secondary N) is 2. The van der Waals surface area contributed by atoms with Crippen LogP contribution < -0.4 is 5.32 Å². The third-order valence-electron chi connectivity index (χ3n) is 2.01. The molecule has 1 aromatic heterocycles. The van der Waals surface area contributed by atoms with Crippen LogP contribution in [0.1, 0.15) is 6.92 Å². The second-order valence-electron chi connectivity index (χ2n) is 3.52. The SMILES string of the molecule is CC(=N)C(C(=O)Nc1ccccn1)=C(O)C(F)(F)F. The molecule has 0 unspecified atom stereocenters. The van der Waals surface area contributed by atoms with Crippen molar-refractivity contribution in [3.05, 3.63) is 35.7 Å². The van der Waals surface area contributed by atoms with Gasteiger partial charge in [-0.2, -0.15) is 13.2 Å². The summed E-state index contributed by atoms with van der Waals surface area (Å²) in [6, 6.07) is 4.44. The second kappa shape index (κ2) is 5.51. The minimum atomic E-state index is -5.10. The van der Waals surface area contributed by atoms with E-state index in [0.717, 1.165) is 6.92 Å². The van der Waals surface area contributed by atoms with Gasteiger partial charge in [-0.3, -0.25) is 4.79 Å². The van der Waals surface area contributed by atoms with Gasteiger partial charge in [0, 0.05) is 11.9 Å². The topological polar surface area (TPSA) is 86.1 Å². The van der Waals surface area contributed by atoms with Gasteiger partial charge in [-0.1, -0.05) is 6.07 Å². The van der Waals surface area contributed by atoms with E-state index in [0.29, 0.717) is 0 Å².